The molecule has 0 N–H and O–H groups in total. The Balaban J connectivity index is 2.15. The average Bonchev–Trinajstić information content (AvgIpc) is 2.46. The monoisotopic (exact) mass is 332 g/mol. The summed E-state index contributed by atoms with van der Waals surface area (Å²) in [5.74, 6) is 0. The SMILES string of the molecule is CC(C)(CCCCCCCc1ccc(C(F)(F)F)cc1)O[SiH3]. The fraction of sp³-hybridized carbons (Fsp3) is 0.647. The molecule has 0 spiro atoms. The van der Waals surface area contributed by atoms with Crippen LogP contribution in [0.5, 0.6) is 0 Å². The second-order valence-electron chi connectivity index (χ2n) is 6.43. The Labute approximate surface area is 134 Å². The zero-order valence-corrected chi connectivity index (χ0v) is 15.8. The summed E-state index contributed by atoms with van der Waals surface area (Å²) in [5, 5.41) is 0. The van der Waals surface area contributed by atoms with Crippen molar-refractivity contribution in [3.05, 3.63) is 35.4 Å². The molecule has 0 heterocycles. The second-order valence-corrected chi connectivity index (χ2v) is 6.83. The largest absolute Gasteiger partial charge is 0.423 e. The van der Waals surface area contributed by atoms with E-state index in [1.54, 1.807) is 12.1 Å². The van der Waals surface area contributed by atoms with E-state index < -0.39 is 11.7 Å². The summed E-state index contributed by atoms with van der Waals surface area (Å²) in [6.45, 7) is 4.26. The fourth-order valence-corrected chi connectivity index (χ4v) is 2.58. The van der Waals surface area contributed by atoms with Crippen LogP contribution in [0.25, 0.3) is 0 Å². The van der Waals surface area contributed by atoms with E-state index in [1.165, 1.54) is 31.4 Å². The van der Waals surface area contributed by atoms with E-state index in [0.717, 1.165) is 41.7 Å². The van der Waals surface area contributed by atoms with E-state index in [4.69, 9.17) is 4.43 Å². The first-order valence-corrected chi connectivity index (χ1v) is 8.77. The van der Waals surface area contributed by atoms with Crippen LogP contribution in [0.3, 0.4) is 0 Å². The lowest BCUT2D eigenvalue weighted by atomic mass is 9.99. The van der Waals surface area contributed by atoms with Gasteiger partial charge in [0.1, 0.15) is 10.5 Å². The smallest absolute Gasteiger partial charge is 0.416 e. The Bertz CT molecular complexity index is 427. The molecule has 0 amide bonds. The molecule has 1 rings (SSSR count). The number of rotatable bonds is 9. The molecule has 1 aromatic carbocycles. The standard InChI is InChI=1S/C17H27F3OSi/c1-16(2,21-22)13-7-5-3-4-6-8-14-9-11-15(12-10-14)17(18,19)20/h9-12H,3-8,13H2,1-2,22H3. The molecule has 0 bridgehead atoms. The van der Waals surface area contributed by atoms with Gasteiger partial charge in [-0.25, -0.2) is 0 Å². The summed E-state index contributed by atoms with van der Waals surface area (Å²) in [5.41, 5.74) is 0.436. The normalized spacial score (nSPS) is 12.8. The topological polar surface area (TPSA) is 9.23 Å². The van der Waals surface area contributed by atoms with Crippen molar-refractivity contribution in [3.8, 4) is 0 Å². The van der Waals surface area contributed by atoms with Gasteiger partial charge in [0.05, 0.1) is 5.56 Å². The highest BCUT2D eigenvalue weighted by Crippen LogP contribution is 2.29. The van der Waals surface area contributed by atoms with Crippen LogP contribution in [-0.4, -0.2) is 16.1 Å². The average molecular weight is 332 g/mol. The van der Waals surface area contributed by atoms with Crippen LogP contribution >= 0.6 is 0 Å². The first-order chi connectivity index (χ1) is 10.2. The van der Waals surface area contributed by atoms with Crippen molar-refractivity contribution in [2.24, 2.45) is 0 Å². The second kappa shape index (κ2) is 8.72. The van der Waals surface area contributed by atoms with E-state index in [9.17, 15) is 13.2 Å². The van der Waals surface area contributed by atoms with E-state index in [2.05, 4.69) is 13.8 Å². The zero-order valence-electron chi connectivity index (χ0n) is 13.8. The van der Waals surface area contributed by atoms with E-state index in [0.29, 0.717) is 0 Å². The van der Waals surface area contributed by atoms with Crippen LogP contribution in [0.4, 0.5) is 13.2 Å². The number of unbranched alkanes of at least 4 members (excludes halogenated alkanes) is 4. The molecule has 0 fully saturated rings. The first kappa shape index (κ1) is 19.2. The van der Waals surface area contributed by atoms with E-state index in [1.807, 2.05) is 0 Å². The first-order valence-electron chi connectivity index (χ1n) is 7.96. The van der Waals surface area contributed by atoms with Crippen LogP contribution in [0, 0.1) is 0 Å². The van der Waals surface area contributed by atoms with Crippen LogP contribution in [0.2, 0.25) is 0 Å². The van der Waals surface area contributed by atoms with Crippen molar-refractivity contribution in [2.75, 3.05) is 0 Å². The van der Waals surface area contributed by atoms with Crippen LogP contribution in [-0.2, 0) is 17.0 Å². The quantitative estimate of drug-likeness (QED) is 0.472. The minimum atomic E-state index is -4.24. The maximum atomic E-state index is 12.4. The van der Waals surface area contributed by atoms with Crippen LogP contribution in [0.15, 0.2) is 24.3 Å². The van der Waals surface area contributed by atoms with Gasteiger partial charge in [-0.1, -0.05) is 37.8 Å². The fourth-order valence-electron chi connectivity index (χ4n) is 2.37. The number of hydrogen-bond donors (Lipinski definition) is 0. The predicted octanol–water partition coefficient (Wildman–Crippen LogP) is 4.66. The van der Waals surface area contributed by atoms with Crippen molar-refractivity contribution < 1.29 is 17.6 Å². The van der Waals surface area contributed by atoms with Crippen molar-refractivity contribution in [3.63, 3.8) is 0 Å². The van der Waals surface area contributed by atoms with Gasteiger partial charge in [-0.3, -0.25) is 0 Å². The molecule has 0 aliphatic carbocycles. The minimum Gasteiger partial charge on any atom is -0.423 e. The van der Waals surface area contributed by atoms with Gasteiger partial charge in [-0.15, -0.1) is 0 Å². The molecular weight excluding hydrogens is 305 g/mol. The highest BCUT2D eigenvalue weighted by molar-refractivity contribution is 5.98. The highest BCUT2D eigenvalue weighted by Gasteiger charge is 2.29. The Kier molecular flexibility index (Phi) is 7.63. The van der Waals surface area contributed by atoms with Gasteiger partial charge < -0.3 is 4.43 Å². The lowest BCUT2D eigenvalue weighted by Crippen LogP contribution is -2.22. The van der Waals surface area contributed by atoms with Gasteiger partial charge in [0.15, 0.2) is 0 Å². The third-order valence-electron chi connectivity index (χ3n) is 4.08. The summed E-state index contributed by atoms with van der Waals surface area (Å²) >= 11 is 0. The number of benzene rings is 1. The Morgan fingerprint density at radius 2 is 1.45 bits per heavy atom. The molecule has 0 aromatic heterocycles. The van der Waals surface area contributed by atoms with E-state index >= 15 is 0 Å². The number of alkyl halides is 3. The Hall–Kier alpha value is -0.813. The van der Waals surface area contributed by atoms with Gasteiger partial charge in [0.2, 0.25) is 0 Å². The van der Waals surface area contributed by atoms with Gasteiger partial charge in [0.25, 0.3) is 0 Å². The summed E-state index contributed by atoms with van der Waals surface area (Å²) in [6.07, 6.45) is 3.42. The third kappa shape index (κ3) is 7.45. The number of halogens is 3. The lowest BCUT2D eigenvalue weighted by Gasteiger charge is -2.23. The molecule has 5 heteroatoms. The molecule has 0 aliphatic rings. The molecule has 0 saturated heterocycles. The predicted molar refractivity (Wildman–Crippen MR) is 88.0 cm³/mol. The zero-order chi connectivity index (χ0) is 16.6. The van der Waals surface area contributed by atoms with E-state index in [-0.39, 0.29) is 5.60 Å². The summed E-state index contributed by atoms with van der Waals surface area (Å²) in [6, 6.07) is 5.53. The highest BCUT2D eigenvalue weighted by atomic mass is 28.2. The van der Waals surface area contributed by atoms with Crippen LogP contribution in [0.1, 0.15) is 63.5 Å². The van der Waals surface area contributed by atoms with Crippen molar-refractivity contribution in [2.45, 2.75) is 70.6 Å². The summed E-state index contributed by atoms with van der Waals surface area (Å²) < 4.78 is 42.9. The van der Waals surface area contributed by atoms with Gasteiger partial charge in [-0.2, -0.15) is 13.2 Å². The molecule has 126 valence electrons. The molecule has 0 saturated carbocycles. The molecule has 1 aromatic rings. The minimum absolute atomic E-state index is 0.0203. The molecule has 1 nitrogen and oxygen atoms in total. The van der Waals surface area contributed by atoms with Gasteiger partial charge >= 0.3 is 6.18 Å². The van der Waals surface area contributed by atoms with Crippen molar-refractivity contribution >= 4 is 10.5 Å². The number of hydrogen-bond acceptors (Lipinski definition) is 1. The maximum Gasteiger partial charge on any atom is 0.416 e. The maximum absolute atomic E-state index is 12.4. The summed E-state index contributed by atoms with van der Waals surface area (Å²) in [4.78, 5) is 0. The van der Waals surface area contributed by atoms with Gasteiger partial charge in [-0.05, 0) is 50.8 Å². The Morgan fingerprint density at radius 3 is 2.00 bits per heavy atom. The molecular formula is C17H27F3OSi. The molecule has 0 radical (unpaired) electrons. The van der Waals surface area contributed by atoms with Gasteiger partial charge in [0, 0.05) is 5.60 Å². The van der Waals surface area contributed by atoms with Crippen LogP contribution < -0.4 is 0 Å². The van der Waals surface area contributed by atoms with Crippen molar-refractivity contribution in [1.29, 1.82) is 0 Å². The number of aryl methyl sites for hydroxylation is 1. The lowest BCUT2D eigenvalue weighted by molar-refractivity contribution is -0.137. The molecule has 0 aliphatic heterocycles. The Morgan fingerprint density at radius 1 is 0.909 bits per heavy atom. The molecule has 0 atom stereocenters. The molecule has 22 heavy (non-hydrogen) atoms. The molecule has 0 unspecified atom stereocenters. The third-order valence-corrected chi connectivity index (χ3v) is 5.18. The van der Waals surface area contributed by atoms with Crippen molar-refractivity contribution in [1.82, 2.24) is 0 Å². The summed E-state index contributed by atoms with van der Waals surface area (Å²) in [7, 11) is 0.779.